The van der Waals surface area contributed by atoms with Gasteiger partial charge in [0.05, 0.1) is 5.56 Å². The largest absolute Gasteiger partial charge is 0.352 e. The van der Waals surface area contributed by atoms with E-state index in [1.54, 1.807) is 19.1 Å². The van der Waals surface area contributed by atoms with E-state index in [-0.39, 0.29) is 41.9 Å². The van der Waals surface area contributed by atoms with Gasteiger partial charge in [-0.2, -0.15) is 0 Å². The van der Waals surface area contributed by atoms with Gasteiger partial charge in [-0.3, -0.25) is 14.4 Å². The lowest BCUT2D eigenvalue weighted by molar-refractivity contribution is -0.140. The van der Waals surface area contributed by atoms with Crippen LogP contribution in [0.15, 0.2) is 53.4 Å². The van der Waals surface area contributed by atoms with E-state index in [1.165, 1.54) is 17.0 Å². The van der Waals surface area contributed by atoms with Crippen LogP contribution in [0.1, 0.15) is 60.5 Å². The van der Waals surface area contributed by atoms with Crippen molar-refractivity contribution in [3.05, 3.63) is 65.2 Å². The minimum atomic E-state index is -4.00. The van der Waals surface area contributed by atoms with Crippen LogP contribution in [-0.2, 0) is 26.2 Å². The van der Waals surface area contributed by atoms with E-state index in [4.69, 9.17) is 0 Å². The van der Waals surface area contributed by atoms with Crippen molar-refractivity contribution in [1.82, 2.24) is 14.5 Å². The molecule has 1 aliphatic heterocycles. The van der Waals surface area contributed by atoms with Gasteiger partial charge in [0.25, 0.3) is 15.9 Å². The molecule has 1 fully saturated rings. The molecule has 0 bridgehead atoms. The Hall–Kier alpha value is -3.20. The lowest BCUT2D eigenvalue weighted by atomic mass is 10.1. The summed E-state index contributed by atoms with van der Waals surface area (Å²) in [7, 11) is -4.00. The number of nitrogens with one attached hydrogen (secondary N) is 1. The first-order valence-corrected chi connectivity index (χ1v) is 13.4. The van der Waals surface area contributed by atoms with Crippen LogP contribution in [0.2, 0.25) is 0 Å². The summed E-state index contributed by atoms with van der Waals surface area (Å²) < 4.78 is 26.5. The van der Waals surface area contributed by atoms with Gasteiger partial charge in [-0.1, -0.05) is 54.8 Å². The molecule has 1 heterocycles. The molecule has 35 heavy (non-hydrogen) atoms. The standard InChI is InChI=1S/C26H31N3O5S/c1-18-11-13-20(14-12-18)17-28(19(2)25(31)27-21-7-3-4-8-21)24(30)15-16-29-26(32)22-9-5-6-10-23(22)35(29,33)34/h5-6,9-14,19,21H,3-4,7-8,15-17H2,1-2H3,(H,27,31). The van der Waals surface area contributed by atoms with Crippen LogP contribution in [-0.4, -0.2) is 54.0 Å². The van der Waals surface area contributed by atoms with Crippen LogP contribution >= 0.6 is 0 Å². The van der Waals surface area contributed by atoms with Gasteiger partial charge >= 0.3 is 0 Å². The van der Waals surface area contributed by atoms with Gasteiger partial charge in [-0.25, -0.2) is 12.7 Å². The molecular weight excluding hydrogens is 466 g/mol. The number of fused-ring (bicyclic) bond motifs is 1. The Morgan fingerprint density at radius 3 is 2.40 bits per heavy atom. The van der Waals surface area contributed by atoms with Crippen molar-refractivity contribution < 1.29 is 22.8 Å². The van der Waals surface area contributed by atoms with E-state index in [1.807, 2.05) is 31.2 Å². The summed E-state index contributed by atoms with van der Waals surface area (Å²) in [5.41, 5.74) is 2.05. The maximum absolute atomic E-state index is 13.4. The van der Waals surface area contributed by atoms with Crippen LogP contribution in [0.3, 0.4) is 0 Å². The fourth-order valence-corrected chi connectivity index (χ4v) is 6.23. The maximum Gasteiger partial charge on any atom is 0.269 e. The number of amides is 3. The maximum atomic E-state index is 13.4. The molecule has 2 aromatic rings. The highest BCUT2D eigenvalue weighted by Gasteiger charge is 2.41. The van der Waals surface area contributed by atoms with Gasteiger partial charge in [0.2, 0.25) is 11.8 Å². The molecule has 9 heteroatoms. The number of nitrogens with zero attached hydrogens (tertiary/aromatic N) is 2. The zero-order valence-corrected chi connectivity index (χ0v) is 20.9. The second-order valence-electron chi connectivity index (χ2n) is 9.30. The molecule has 2 aromatic carbocycles. The topological polar surface area (TPSA) is 104 Å². The van der Waals surface area contributed by atoms with E-state index in [9.17, 15) is 22.8 Å². The minimum Gasteiger partial charge on any atom is -0.352 e. The first kappa shape index (κ1) is 24.9. The second kappa shape index (κ2) is 10.2. The van der Waals surface area contributed by atoms with E-state index < -0.39 is 27.9 Å². The first-order valence-electron chi connectivity index (χ1n) is 12.0. The summed E-state index contributed by atoms with van der Waals surface area (Å²) in [6.45, 7) is 3.58. The molecule has 1 atom stereocenters. The van der Waals surface area contributed by atoms with Gasteiger partial charge in [0.1, 0.15) is 10.9 Å². The summed E-state index contributed by atoms with van der Waals surface area (Å²) in [6.07, 6.45) is 3.80. The molecule has 1 N–H and O–H groups in total. The summed E-state index contributed by atoms with van der Waals surface area (Å²) in [6, 6.07) is 13.1. The van der Waals surface area contributed by atoms with Gasteiger partial charge in [0.15, 0.2) is 0 Å². The number of carbonyl (C=O) groups excluding carboxylic acids is 3. The first-order chi connectivity index (χ1) is 16.7. The highest BCUT2D eigenvalue weighted by molar-refractivity contribution is 7.90. The molecular formula is C26H31N3O5S. The normalized spacial score (nSPS) is 17.8. The average molecular weight is 498 g/mol. The van der Waals surface area contributed by atoms with Gasteiger partial charge in [-0.15, -0.1) is 0 Å². The number of hydrogen-bond acceptors (Lipinski definition) is 5. The number of rotatable bonds is 8. The van der Waals surface area contributed by atoms with E-state index >= 15 is 0 Å². The lowest BCUT2D eigenvalue weighted by Crippen LogP contribution is -2.50. The quantitative estimate of drug-likeness (QED) is 0.604. The van der Waals surface area contributed by atoms with Crippen LogP contribution in [0.5, 0.6) is 0 Å². The van der Waals surface area contributed by atoms with Crippen LogP contribution in [0, 0.1) is 6.92 Å². The predicted octanol–water partition coefficient (Wildman–Crippen LogP) is 3.01. The molecule has 3 amide bonds. The van der Waals surface area contributed by atoms with Crippen LogP contribution in [0.25, 0.3) is 0 Å². The molecule has 0 saturated heterocycles. The van der Waals surface area contributed by atoms with Gasteiger partial charge in [-0.05, 0) is 44.4 Å². The van der Waals surface area contributed by atoms with Crippen molar-refractivity contribution >= 4 is 27.7 Å². The second-order valence-corrected chi connectivity index (χ2v) is 11.1. The fourth-order valence-electron chi connectivity index (χ4n) is 4.66. The smallest absolute Gasteiger partial charge is 0.269 e. The molecule has 4 rings (SSSR count). The Morgan fingerprint density at radius 2 is 1.74 bits per heavy atom. The van der Waals surface area contributed by atoms with Crippen molar-refractivity contribution in [2.75, 3.05) is 6.54 Å². The van der Waals surface area contributed by atoms with Crippen molar-refractivity contribution in [3.8, 4) is 0 Å². The van der Waals surface area contributed by atoms with Crippen molar-refractivity contribution in [3.63, 3.8) is 0 Å². The zero-order valence-electron chi connectivity index (χ0n) is 20.1. The summed E-state index contributed by atoms with van der Waals surface area (Å²) >= 11 is 0. The predicted molar refractivity (Wildman–Crippen MR) is 131 cm³/mol. The highest BCUT2D eigenvalue weighted by Crippen LogP contribution is 2.30. The molecule has 1 aliphatic carbocycles. The van der Waals surface area contributed by atoms with Crippen LogP contribution in [0.4, 0.5) is 0 Å². The van der Waals surface area contributed by atoms with Gasteiger partial charge < -0.3 is 10.2 Å². The number of carbonyl (C=O) groups is 3. The summed E-state index contributed by atoms with van der Waals surface area (Å²) in [5, 5.41) is 3.04. The third-order valence-corrected chi connectivity index (χ3v) is 8.62. The van der Waals surface area contributed by atoms with E-state index in [0.717, 1.165) is 41.1 Å². The number of hydrogen-bond donors (Lipinski definition) is 1. The third-order valence-electron chi connectivity index (χ3n) is 6.78. The average Bonchev–Trinajstić information content (AvgIpc) is 3.42. The molecule has 0 radical (unpaired) electrons. The Kier molecular flexibility index (Phi) is 7.25. The lowest BCUT2D eigenvalue weighted by Gasteiger charge is -2.30. The summed E-state index contributed by atoms with van der Waals surface area (Å²) in [4.78, 5) is 40.5. The van der Waals surface area contributed by atoms with Crippen molar-refractivity contribution in [1.29, 1.82) is 0 Å². The van der Waals surface area contributed by atoms with Crippen molar-refractivity contribution in [2.24, 2.45) is 0 Å². The molecule has 8 nitrogen and oxygen atoms in total. The third kappa shape index (κ3) is 5.24. The number of benzene rings is 2. The molecule has 1 saturated carbocycles. The fraction of sp³-hybridized carbons (Fsp3) is 0.423. The minimum absolute atomic E-state index is 0.0433. The summed E-state index contributed by atoms with van der Waals surface area (Å²) in [5.74, 6) is -1.25. The Labute approximate surface area is 206 Å². The Bertz CT molecular complexity index is 1220. The monoisotopic (exact) mass is 497 g/mol. The van der Waals surface area contributed by atoms with E-state index in [0.29, 0.717) is 0 Å². The molecule has 0 aromatic heterocycles. The zero-order chi connectivity index (χ0) is 25.2. The van der Waals surface area contributed by atoms with Crippen molar-refractivity contribution in [2.45, 2.75) is 69.5 Å². The number of aryl methyl sites for hydroxylation is 1. The van der Waals surface area contributed by atoms with E-state index in [2.05, 4.69) is 5.32 Å². The molecule has 1 unspecified atom stereocenters. The molecule has 186 valence electrons. The molecule has 0 spiro atoms. The SMILES string of the molecule is Cc1ccc(CN(C(=O)CCN2C(=O)c3ccccc3S2(=O)=O)C(C)C(=O)NC2CCCC2)cc1. The molecule has 2 aliphatic rings. The van der Waals surface area contributed by atoms with Crippen LogP contribution < -0.4 is 5.32 Å². The Morgan fingerprint density at radius 1 is 1.09 bits per heavy atom. The highest BCUT2D eigenvalue weighted by atomic mass is 32.2. The number of sulfonamides is 1. The Balaban J connectivity index is 1.50. The van der Waals surface area contributed by atoms with Gasteiger partial charge in [0, 0.05) is 25.6 Å².